The third-order valence-electron chi connectivity index (χ3n) is 2.68. The number of carbonyl (C=O) groups excluding carboxylic acids is 1. The first-order valence-electron chi connectivity index (χ1n) is 6.49. The summed E-state index contributed by atoms with van der Waals surface area (Å²) in [5.41, 5.74) is 3.10. The van der Waals surface area contributed by atoms with Gasteiger partial charge < -0.3 is 5.32 Å². The molecule has 0 atom stereocenters. The highest BCUT2D eigenvalue weighted by Crippen LogP contribution is 2.16. The van der Waals surface area contributed by atoms with Crippen LogP contribution in [0.1, 0.15) is 23.9 Å². The number of H-pyrrole nitrogens is 1. The minimum absolute atomic E-state index is 0.0529. The Hall–Kier alpha value is -1.82. The Morgan fingerprint density at radius 1 is 1.30 bits per heavy atom. The van der Waals surface area contributed by atoms with Crippen molar-refractivity contribution in [2.45, 2.75) is 32.3 Å². The predicted octanol–water partition coefficient (Wildman–Crippen LogP) is 2.71. The van der Waals surface area contributed by atoms with Crippen molar-refractivity contribution in [3.63, 3.8) is 0 Å². The molecule has 5 nitrogen and oxygen atoms in total. The second kappa shape index (κ2) is 6.56. The molecule has 20 heavy (non-hydrogen) atoms. The Morgan fingerprint density at radius 2 is 2.00 bits per heavy atom. The van der Waals surface area contributed by atoms with Crippen LogP contribution in [0.15, 0.2) is 23.4 Å². The maximum atomic E-state index is 11.9. The quantitative estimate of drug-likeness (QED) is 0.831. The summed E-state index contributed by atoms with van der Waals surface area (Å²) in [5.74, 6) is 1.08. The van der Waals surface area contributed by atoms with E-state index in [2.05, 4.69) is 26.6 Å². The Labute approximate surface area is 122 Å². The van der Waals surface area contributed by atoms with E-state index in [9.17, 15) is 4.79 Å². The molecule has 0 bridgehead atoms. The van der Waals surface area contributed by atoms with Crippen LogP contribution in [0, 0.1) is 13.8 Å². The molecule has 0 radical (unpaired) electrons. The van der Waals surface area contributed by atoms with E-state index in [0.29, 0.717) is 10.9 Å². The molecule has 0 unspecified atom stereocenters. The molecule has 1 aromatic heterocycles. The number of aromatic nitrogens is 3. The Kier molecular flexibility index (Phi) is 4.79. The first kappa shape index (κ1) is 14.6. The summed E-state index contributed by atoms with van der Waals surface area (Å²) < 4.78 is 0. The lowest BCUT2D eigenvalue weighted by molar-refractivity contribution is -0.113. The van der Waals surface area contributed by atoms with Crippen molar-refractivity contribution in [3.8, 4) is 0 Å². The molecule has 2 rings (SSSR count). The minimum Gasteiger partial charge on any atom is -0.325 e. The minimum atomic E-state index is -0.0529. The topological polar surface area (TPSA) is 70.7 Å². The zero-order valence-electron chi connectivity index (χ0n) is 11.9. The van der Waals surface area contributed by atoms with E-state index < -0.39 is 0 Å². The molecule has 0 saturated heterocycles. The van der Waals surface area contributed by atoms with Crippen LogP contribution in [-0.4, -0.2) is 26.8 Å². The van der Waals surface area contributed by atoms with Gasteiger partial charge in [-0.3, -0.25) is 9.89 Å². The molecule has 0 aliphatic rings. The first-order valence-corrected chi connectivity index (χ1v) is 7.47. The molecule has 6 heteroatoms. The zero-order valence-corrected chi connectivity index (χ0v) is 12.7. The largest absolute Gasteiger partial charge is 0.325 e. The predicted molar refractivity (Wildman–Crippen MR) is 81.0 cm³/mol. The van der Waals surface area contributed by atoms with Crippen LogP contribution in [0.5, 0.6) is 0 Å². The monoisotopic (exact) mass is 290 g/mol. The van der Waals surface area contributed by atoms with Gasteiger partial charge in [0.1, 0.15) is 5.82 Å². The van der Waals surface area contributed by atoms with E-state index in [1.165, 1.54) is 11.8 Å². The zero-order chi connectivity index (χ0) is 14.5. The van der Waals surface area contributed by atoms with E-state index in [0.717, 1.165) is 29.1 Å². The summed E-state index contributed by atoms with van der Waals surface area (Å²) in [5, 5.41) is 10.4. The third-order valence-corrected chi connectivity index (χ3v) is 3.53. The highest BCUT2D eigenvalue weighted by molar-refractivity contribution is 7.99. The van der Waals surface area contributed by atoms with Gasteiger partial charge in [0.15, 0.2) is 0 Å². The highest BCUT2D eigenvalue weighted by atomic mass is 32.2. The summed E-state index contributed by atoms with van der Waals surface area (Å²) in [7, 11) is 0. The van der Waals surface area contributed by atoms with Gasteiger partial charge in [-0.25, -0.2) is 4.98 Å². The lowest BCUT2D eigenvalue weighted by Crippen LogP contribution is -2.14. The highest BCUT2D eigenvalue weighted by Gasteiger charge is 2.07. The van der Waals surface area contributed by atoms with Crippen LogP contribution in [0.25, 0.3) is 0 Å². The Morgan fingerprint density at radius 3 is 2.60 bits per heavy atom. The number of benzene rings is 1. The van der Waals surface area contributed by atoms with Crippen molar-refractivity contribution in [1.82, 2.24) is 15.2 Å². The van der Waals surface area contributed by atoms with Crippen LogP contribution >= 0.6 is 11.8 Å². The van der Waals surface area contributed by atoms with Gasteiger partial charge in [0, 0.05) is 12.1 Å². The van der Waals surface area contributed by atoms with Gasteiger partial charge in [-0.2, -0.15) is 0 Å². The van der Waals surface area contributed by atoms with Gasteiger partial charge in [0.05, 0.1) is 5.75 Å². The van der Waals surface area contributed by atoms with Crippen molar-refractivity contribution >= 4 is 23.4 Å². The van der Waals surface area contributed by atoms with Gasteiger partial charge in [0.2, 0.25) is 11.1 Å². The van der Waals surface area contributed by atoms with Gasteiger partial charge in [0.25, 0.3) is 0 Å². The molecule has 0 fully saturated rings. The summed E-state index contributed by atoms with van der Waals surface area (Å²) in [4.78, 5) is 16.1. The molecule has 1 aromatic carbocycles. The number of aromatic amines is 1. The fraction of sp³-hybridized carbons (Fsp3) is 0.357. The number of hydrogen-bond donors (Lipinski definition) is 2. The van der Waals surface area contributed by atoms with E-state index in [4.69, 9.17) is 0 Å². The fourth-order valence-electron chi connectivity index (χ4n) is 1.87. The first-order chi connectivity index (χ1) is 9.56. The molecule has 2 aromatic rings. The average Bonchev–Trinajstić information content (AvgIpc) is 2.83. The average molecular weight is 290 g/mol. The number of rotatable bonds is 5. The number of thioether (sulfide) groups is 1. The smallest absolute Gasteiger partial charge is 0.234 e. The van der Waals surface area contributed by atoms with Gasteiger partial charge in [-0.1, -0.05) is 24.8 Å². The molecule has 1 amide bonds. The summed E-state index contributed by atoms with van der Waals surface area (Å²) >= 11 is 1.33. The number of aryl methyl sites for hydroxylation is 3. The summed E-state index contributed by atoms with van der Waals surface area (Å²) in [6.07, 6.45) is 0.808. The lowest BCUT2D eigenvalue weighted by Gasteiger charge is -2.06. The SMILES string of the molecule is CCc1nc(SCC(=O)Nc2cc(C)cc(C)c2)n[nH]1. The van der Waals surface area contributed by atoms with E-state index in [1.807, 2.05) is 32.9 Å². The fourth-order valence-corrected chi connectivity index (χ4v) is 2.49. The van der Waals surface area contributed by atoms with E-state index in [-0.39, 0.29) is 5.91 Å². The van der Waals surface area contributed by atoms with Crippen molar-refractivity contribution in [1.29, 1.82) is 0 Å². The molecule has 0 spiro atoms. The Balaban J connectivity index is 1.89. The van der Waals surface area contributed by atoms with Gasteiger partial charge in [-0.05, 0) is 37.1 Å². The summed E-state index contributed by atoms with van der Waals surface area (Å²) in [6.45, 7) is 6.02. The molecular formula is C14H18N4OS. The molecular weight excluding hydrogens is 272 g/mol. The number of carbonyl (C=O) groups is 1. The lowest BCUT2D eigenvalue weighted by atomic mass is 10.1. The van der Waals surface area contributed by atoms with Crippen LogP contribution in [0.3, 0.4) is 0 Å². The maximum Gasteiger partial charge on any atom is 0.234 e. The van der Waals surface area contributed by atoms with Crippen LogP contribution in [-0.2, 0) is 11.2 Å². The van der Waals surface area contributed by atoms with Crippen molar-refractivity contribution in [2.75, 3.05) is 11.1 Å². The van der Waals surface area contributed by atoms with Crippen molar-refractivity contribution in [3.05, 3.63) is 35.2 Å². The van der Waals surface area contributed by atoms with Crippen molar-refractivity contribution < 1.29 is 4.79 Å². The molecule has 0 saturated carbocycles. The van der Waals surface area contributed by atoms with E-state index >= 15 is 0 Å². The molecule has 0 aliphatic carbocycles. The number of nitrogens with zero attached hydrogens (tertiary/aromatic N) is 2. The van der Waals surface area contributed by atoms with Gasteiger partial charge >= 0.3 is 0 Å². The maximum absolute atomic E-state index is 11.9. The number of hydrogen-bond acceptors (Lipinski definition) is 4. The number of amides is 1. The van der Waals surface area contributed by atoms with Gasteiger partial charge in [-0.15, -0.1) is 5.10 Å². The molecule has 0 aliphatic heterocycles. The number of anilines is 1. The van der Waals surface area contributed by atoms with Crippen molar-refractivity contribution in [2.24, 2.45) is 0 Å². The van der Waals surface area contributed by atoms with Crippen LogP contribution in [0.4, 0.5) is 5.69 Å². The molecule has 1 heterocycles. The van der Waals surface area contributed by atoms with E-state index in [1.54, 1.807) is 0 Å². The van der Waals surface area contributed by atoms with Crippen LogP contribution in [0.2, 0.25) is 0 Å². The second-order valence-corrected chi connectivity index (χ2v) is 5.57. The second-order valence-electron chi connectivity index (χ2n) is 4.63. The summed E-state index contributed by atoms with van der Waals surface area (Å²) in [6, 6.07) is 5.99. The molecule has 2 N–H and O–H groups in total. The third kappa shape index (κ3) is 4.09. The normalized spacial score (nSPS) is 10.6. The Bertz CT molecular complexity index is 589. The van der Waals surface area contributed by atoms with Crippen LogP contribution < -0.4 is 5.32 Å². The standard InChI is InChI=1S/C14H18N4OS/c1-4-12-16-14(18-17-12)20-8-13(19)15-11-6-9(2)5-10(3)7-11/h5-7H,4,8H2,1-3H3,(H,15,19)(H,16,17,18). The molecule has 106 valence electrons. The number of nitrogens with one attached hydrogen (secondary N) is 2.